The van der Waals surface area contributed by atoms with Crippen LogP contribution in [0.1, 0.15) is 32.1 Å². The molecule has 2 rings (SSSR count). The van der Waals surface area contributed by atoms with Gasteiger partial charge in [0.15, 0.2) is 6.29 Å². The monoisotopic (exact) mass is 271 g/mol. The number of carbonyl (C=O) groups is 2. The molecule has 0 atom stereocenters. The van der Waals surface area contributed by atoms with Gasteiger partial charge in [-0.05, 0) is 38.1 Å². The summed E-state index contributed by atoms with van der Waals surface area (Å²) in [6.07, 6.45) is 0.818. The van der Waals surface area contributed by atoms with E-state index < -0.39 is 0 Å². The van der Waals surface area contributed by atoms with E-state index in [1.807, 2.05) is 19.1 Å². The van der Waals surface area contributed by atoms with Crippen LogP contribution in [-0.4, -0.2) is 41.0 Å². The van der Waals surface area contributed by atoms with Crippen molar-refractivity contribution in [2.75, 3.05) is 14.1 Å². The van der Waals surface area contributed by atoms with Crippen LogP contribution in [0.3, 0.4) is 0 Å². The van der Waals surface area contributed by atoms with E-state index in [1.165, 1.54) is 4.90 Å². The lowest BCUT2D eigenvalue weighted by Gasteiger charge is -2.11. The quantitative estimate of drug-likeness (QED) is 0.802. The molecule has 0 N–H and O–H groups in total. The number of benzene rings is 1. The molecule has 0 unspecified atom stereocenters. The summed E-state index contributed by atoms with van der Waals surface area (Å²) in [5.41, 5.74) is 3.55. The lowest BCUT2D eigenvalue weighted by Crippen LogP contribution is -2.21. The summed E-state index contributed by atoms with van der Waals surface area (Å²) in [7, 11) is 3.43. The Morgan fingerprint density at radius 1 is 1.20 bits per heavy atom. The van der Waals surface area contributed by atoms with Crippen molar-refractivity contribution in [3.63, 3.8) is 0 Å². The van der Waals surface area contributed by atoms with Crippen molar-refractivity contribution < 1.29 is 9.59 Å². The van der Waals surface area contributed by atoms with E-state index in [0.29, 0.717) is 16.8 Å². The topological polar surface area (TPSA) is 55.2 Å². The minimum absolute atomic E-state index is 0.0431. The molecule has 0 saturated carbocycles. The van der Waals surface area contributed by atoms with Gasteiger partial charge in [-0.25, -0.2) is 4.68 Å². The largest absolute Gasteiger partial charge is 0.345 e. The first kappa shape index (κ1) is 14.0. The molecule has 1 heterocycles. The van der Waals surface area contributed by atoms with Gasteiger partial charge in [-0.3, -0.25) is 9.59 Å². The number of carbonyl (C=O) groups excluding carboxylic acids is 2. The van der Waals surface area contributed by atoms with Gasteiger partial charge in [-0.15, -0.1) is 0 Å². The van der Waals surface area contributed by atoms with Crippen molar-refractivity contribution in [3.05, 3.63) is 46.8 Å². The van der Waals surface area contributed by atoms with Crippen molar-refractivity contribution in [1.29, 1.82) is 0 Å². The van der Waals surface area contributed by atoms with Gasteiger partial charge in [0.05, 0.1) is 22.6 Å². The third-order valence-corrected chi connectivity index (χ3v) is 3.23. The predicted molar refractivity (Wildman–Crippen MR) is 76.4 cm³/mol. The van der Waals surface area contributed by atoms with E-state index in [0.717, 1.165) is 17.7 Å². The van der Waals surface area contributed by atoms with Gasteiger partial charge in [0.25, 0.3) is 5.91 Å². The summed E-state index contributed by atoms with van der Waals surface area (Å²) in [5.74, 6) is -0.0431. The van der Waals surface area contributed by atoms with Crippen molar-refractivity contribution in [1.82, 2.24) is 14.7 Å². The Morgan fingerprint density at radius 3 is 2.25 bits per heavy atom. The lowest BCUT2D eigenvalue weighted by molar-refractivity contribution is 0.0827. The van der Waals surface area contributed by atoms with Crippen LogP contribution in [0.2, 0.25) is 0 Å². The summed E-state index contributed by atoms with van der Waals surface area (Å²) in [6, 6.07) is 7.17. The average molecular weight is 271 g/mol. The number of nitrogens with zero attached hydrogens (tertiary/aromatic N) is 3. The number of hydrogen-bond acceptors (Lipinski definition) is 3. The fourth-order valence-corrected chi connectivity index (χ4v) is 2.08. The molecular formula is C15H17N3O2. The summed E-state index contributed by atoms with van der Waals surface area (Å²) in [6.45, 7) is 3.65. The van der Waals surface area contributed by atoms with Gasteiger partial charge in [0, 0.05) is 19.7 Å². The van der Waals surface area contributed by atoms with Crippen LogP contribution in [0.25, 0.3) is 5.69 Å². The van der Waals surface area contributed by atoms with E-state index in [4.69, 9.17) is 0 Å². The summed E-state index contributed by atoms with van der Waals surface area (Å²) in [5, 5.41) is 4.35. The number of amides is 1. The molecule has 2 aromatic rings. The van der Waals surface area contributed by atoms with Crippen LogP contribution in [0.4, 0.5) is 0 Å². The Hall–Kier alpha value is -2.43. The van der Waals surface area contributed by atoms with Crippen LogP contribution in [0.15, 0.2) is 24.3 Å². The van der Waals surface area contributed by atoms with Crippen LogP contribution in [0, 0.1) is 13.8 Å². The number of hydrogen-bond donors (Lipinski definition) is 0. The Kier molecular flexibility index (Phi) is 3.70. The molecular weight excluding hydrogens is 254 g/mol. The molecule has 1 aromatic carbocycles. The third-order valence-electron chi connectivity index (χ3n) is 3.23. The van der Waals surface area contributed by atoms with Gasteiger partial charge in [-0.2, -0.15) is 5.10 Å². The molecule has 0 aliphatic carbocycles. The standard InChI is InChI=1S/C15H17N3O2/c1-10-14(9-19)11(2)18(16-10)13-7-5-12(6-8-13)15(20)17(3)4/h5-9H,1-4H3. The maximum absolute atomic E-state index is 11.8. The predicted octanol–water partition coefficient (Wildman–Crippen LogP) is 2.00. The Labute approximate surface area is 117 Å². The maximum atomic E-state index is 11.8. The highest BCUT2D eigenvalue weighted by Crippen LogP contribution is 2.17. The van der Waals surface area contributed by atoms with Gasteiger partial charge >= 0.3 is 0 Å². The second-order valence-electron chi connectivity index (χ2n) is 4.86. The molecule has 0 spiro atoms. The Balaban J connectivity index is 2.40. The molecule has 104 valence electrons. The van der Waals surface area contributed by atoms with Gasteiger partial charge in [0.1, 0.15) is 0 Å². The SMILES string of the molecule is Cc1nn(-c2ccc(C(=O)N(C)C)cc2)c(C)c1C=O. The summed E-state index contributed by atoms with van der Waals surface area (Å²) >= 11 is 0. The molecule has 0 aliphatic heterocycles. The first-order valence-electron chi connectivity index (χ1n) is 6.29. The molecule has 0 saturated heterocycles. The van der Waals surface area contributed by atoms with Crippen LogP contribution in [0.5, 0.6) is 0 Å². The molecule has 5 nitrogen and oxygen atoms in total. The molecule has 0 radical (unpaired) electrons. The van der Waals surface area contributed by atoms with Crippen molar-refractivity contribution in [2.24, 2.45) is 0 Å². The lowest BCUT2D eigenvalue weighted by atomic mass is 10.2. The number of rotatable bonds is 3. The van der Waals surface area contributed by atoms with Gasteiger partial charge in [-0.1, -0.05) is 0 Å². The summed E-state index contributed by atoms with van der Waals surface area (Å²) in [4.78, 5) is 24.4. The van der Waals surface area contributed by atoms with Crippen molar-refractivity contribution in [2.45, 2.75) is 13.8 Å². The second-order valence-corrected chi connectivity index (χ2v) is 4.86. The molecule has 0 bridgehead atoms. The van der Waals surface area contributed by atoms with E-state index in [1.54, 1.807) is 37.8 Å². The Morgan fingerprint density at radius 2 is 1.80 bits per heavy atom. The molecule has 5 heteroatoms. The normalized spacial score (nSPS) is 10.4. The molecule has 1 amide bonds. The first-order chi connectivity index (χ1) is 9.45. The fourth-order valence-electron chi connectivity index (χ4n) is 2.08. The number of aldehydes is 1. The zero-order chi connectivity index (χ0) is 14.9. The van der Waals surface area contributed by atoms with Crippen LogP contribution >= 0.6 is 0 Å². The minimum atomic E-state index is -0.0431. The summed E-state index contributed by atoms with van der Waals surface area (Å²) < 4.78 is 1.71. The zero-order valence-corrected chi connectivity index (χ0v) is 12.0. The minimum Gasteiger partial charge on any atom is -0.345 e. The average Bonchev–Trinajstić information content (AvgIpc) is 2.72. The van der Waals surface area contributed by atoms with Gasteiger partial charge in [0.2, 0.25) is 0 Å². The third kappa shape index (κ3) is 2.34. The number of aromatic nitrogens is 2. The van der Waals surface area contributed by atoms with E-state index in [9.17, 15) is 9.59 Å². The molecule has 1 aromatic heterocycles. The van der Waals surface area contributed by atoms with Crippen LogP contribution < -0.4 is 0 Å². The Bertz CT molecular complexity index is 655. The van der Waals surface area contributed by atoms with E-state index >= 15 is 0 Å². The highest BCUT2D eigenvalue weighted by atomic mass is 16.2. The fraction of sp³-hybridized carbons (Fsp3) is 0.267. The van der Waals surface area contributed by atoms with Crippen molar-refractivity contribution in [3.8, 4) is 5.69 Å². The van der Waals surface area contributed by atoms with Crippen LogP contribution in [-0.2, 0) is 0 Å². The smallest absolute Gasteiger partial charge is 0.253 e. The highest BCUT2D eigenvalue weighted by Gasteiger charge is 2.13. The first-order valence-corrected chi connectivity index (χ1v) is 6.29. The molecule has 20 heavy (non-hydrogen) atoms. The number of aryl methyl sites for hydroxylation is 1. The molecule has 0 fully saturated rings. The molecule has 0 aliphatic rings. The maximum Gasteiger partial charge on any atom is 0.253 e. The van der Waals surface area contributed by atoms with E-state index in [2.05, 4.69) is 5.10 Å². The van der Waals surface area contributed by atoms with Gasteiger partial charge < -0.3 is 4.90 Å². The highest BCUT2D eigenvalue weighted by molar-refractivity contribution is 5.94. The second kappa shape index (κ2) is 5.28. The van der Waals surface area contributed by atoms with Crippen molar-refractivity contribution >= 4 is 12.2 Å². The zero-order valence-electron chi connectivity index (χ0n) is 12.0. The van der Waals surface area contributed by atoms with E-state index in [-0.39, 0.29) is 5.91 Å².